The lowest BCUT2D eigenvalue weighted by Gasteiger charge is -2.43. The molecule has 0 bridgehead atoms. The molecule has 0 spiro atoms. The summed E-state index contributed by atoms with van der Waals surface area (Å²) in [5, 5.41) is 15.2. The van der Waals surface area contributed by atoms with Crippen molar-refractivity contribution in [1.29, 1.82) is 0 Å². The molecule has 1 aliphatic heterocycles. The topological polar surface area (TPSA) is 83.9 Å². The van der Waals surface area contributed by atoms with E-state index < -0.39 is 6.29 Å². The number of aliphatic hydroxyl groups excluding tert-OH is 1. The Hall–Kier alpha value is -5.18. The molecule has 1 amide bonds. The monoisotopic (exact) mass is 691 g/mol. The van der Waals surface area contributed by atoms with Gasteiger partial charge in [0.15, 0.2) is 6.29 Å². The third-order valence-electron chi connectivity index (χ3n) is 10.3. The van der Waals surface area contributed by atoms with Gasteiger partial charge in [0.1, 0.15) is 0 Å². The summed E-state index contributed by atoms with van der Waals surface area (Å²) >= 11 is 0. The lowest BCUT2D eigenvalue weighted by molar-refractivity contribution is -0.276. The Morgan fingerprint density at radius 3 is 2.35 bits per heavy atom. The Labute approximate surface area is 305 Å². The first kappa shape index (κ1) is 35.2. The second-order valence-electron chi connectivity index (χ2n) is 13.8. The van der Waals surface area contributed by atoms with Crippen LogP contribution in [0, 0.1) is 5.92 Å². The van der Waals surface area contributed by atoms with Crippen LogP contribution in [0.25, 0.3) is 21.9 Å². The predicted octanol–water partition coefficient (Wildman–Crippen LogP) is 8.81. The third-order valence-corrected chi connectivity index (χ3v) is 10.3. The molecule has 0 radical (unpaired) electrons. The van der Waals surface area contributed by atoms with E-state index >= 15 is 0 Å². The van der Waals surface area contributed by atoms with Crippen LogP contribution in [-0.2, 0) is 22.6 Å². The molecule has 2 heterocycles. The number of carbonyl (C=O) groups is 1. The van der Waals surface area contributed by atoms with Gasteiger partial charge in [-0.15, -0.1) is 0 Å². The smallest absolute Gasteiger partial charge is 0.253 e. The first-order valence-electron chi connectivity index (χ1n) is 17.9. The summed E-state index contributed by atoms with van der Waals surface area (Å²) in [6.45, 7) is 5.57. The molecule has 7 heteroatoms. The van der Waals surface area contributed by atoms with Crippen molar-refractivity contribution in [3.05, 3.63) is 173 Å². The van der Waals surface area contributed by atoms with Gasteiger partial charge in [-0.05, 0) is 88.5 Å². The Bertz CT molecular complexity index is 2120. The van der Waals surface area contributed by atoms with Crippen LogP contribution in [0.3, 0.4) is 0 Å². The number of fused-ring (bicyclic) bond motifs is 1. The number of nitrogens with one attached hydrogen (secondary N) is 1. The Balaban J connectivity index is 1.12. The van der Waals surface area contributed by atoms with E-state index in [2.05, 4.69) is 121 Å². The van der Waals surface area contributed by atoms with E-state index in [0.29, 0.717) is 18.7 Å². The molecule has 52 heavy (non-hydrogen) atoms. The Morgan fingerprint density at radius 2 is 1.58 bits per heavy atom. The molecule has 0 aliphatic carbocycles. The van der Waals surface area contributed by atoms with E-state index in [-0.39, 0.29) is 36.7 Å². The molecule has 1 fully saturated rings. The summed E-state index contributed by atoms with van der Waals surface area (Å²) in [6.07, 6.45) is 2.30. The molecule has 1 aromatic heterocycles. The molecule has 6 aromatic rings. The summed E-state index contributed by atoms with van der Waals surface area (Å²) in [7, 11) is 2.16. The minimum absolute atomic E-state index is 0.00194. The number of aromatic nitrogens is 1. The van der Waals surface area contributed by atoms with E-state index in [4.69, 9.17) is 9.47 Å². The van der Waals surface area contributed by atoms with Crippen molar-refractivity contribution >= 4 is 16.7 Å². The van der Waals surface area contributed by atoms with Gasteiger partial charge in [-0.2, -0.15) is 0 Å². The lowest BCUT2D eigenvalue weighted by atomic mass is 9.89. The molecule has 0 saturated carbocycles. The van der Waals surface area contributed by atoms with Crippen LogP contribution >= 0.6 is 0 Å². The molecule has 5 aromatic carbocycles. The molecule has 1 aliphatic rings. The van der Waals surface area contributed by atoms with E-state index in [1.807, 2.05) is 30.3 Å². The highest BCUT2D eigenvalue weighted by atomic mass is 16.7. The van der Waals surface area contributed by atoms with E-state index in [1.54, 1.807) is 24.5 Å². The summed E-state index contributed by atoms with van der Waals surface area (Å²) in [4.78, 5) is 19.1. The summed E-state index contributed by atoms with van der Waals surface area (Å²) in [5.74, 6) is -0.0991. The van der Waals surface area contributed by atoms with Crippen molar-refractivity contribution in [2.24, 2.45) is 5.92 Å². The lowest BCUT2D eigenvalue weighted by Crippen LogP contribution is -2.44. The molecular weight excluding hydrogens is 647 g/mol. The van der Waals surface area contributed by atoms with Gasteiger partial charge in [0.25, 0.3) is 5.91 Å². The van der Waals surface area contributed by atoms with E-state index in [1.165, 1.54) is 16.3 Å². The minimum Gasteiger partial charge on any atom is -0.392 e. The maximum atomic E-state index is 12.6. The van der Waals surface area contributed by atoms with Crippen molar-refractivity contribution < 1.29 is 19.4 Å². The zero-order valence-corrected chi connectivity index (χ0v) is 29.9. The van der Waals surface area contributed by atoms with E-state index in [0.717, 1.165) is 33.4 Å². The molecule has 1 saturated heterocycles. The number of nitrogens with zero attached hydrogens (tertiary/aromatic N) is 2. The van der Waals surface area contributed by atoms with Crippen LogP contribution in [0.5, 0.6) is 0 Å². The van der Waals surface area contributed by atoms with Gasteiger partial charge in [0.2, 0.25) is 0 Å². The maximum Gasteiger partial charge on any atom is 0.253 e. The summed E-state index contributed by atoms with van der Waals surface area (Å²) in [5.41, 5.74) is 7.73. The SMILES string of the molecule is C[C@@H]1[C@H](CN(C)[C@H](C)c2ccc3ccccc3c2)O[C@H](c2cccc(-c3cccc(CNC(=O)c4cccnc4)c3)c2)O[C@@H]1c1ccc(CO)cc1. The van der Waals surface area contributed by atoms with Crippen LogP contribution < -0.4 is 5.32 Å². The van der Waals surface area contributed by atoms with Crippen molar-refractivity contribution in [1.82, 2.24) is 15.2 Å². The van der Waals surface area contributed by atoms with Gasteiger partial charge < -0.3 is 19.9 Å². The van der Waals surface area contributed by atoms with Gasteiger partial charge >= 0.3 is 0 Å². The number of aliphatic hydroxyl groups is 1. The zero-order valence-electron chi connectivity index (χ0n) is 29.9. The van der Waals surface area contributed by atoms with Gasteiger partial charge in [0.05, 0.1) is 24.4 Å². The van der Waals surface area contributed by atoms with Crippen LogP contribution in [-0.4, -0.2) is 40.6 Å². The zero-order chi connectivity index (χ0) is 36.0. The molecule has 0 unspecified atom stereocenters. The molecular formula is C45H45N3O4. The molecule has 264 valence electrons. The summed E-state index contributed by atoms with van der Waals surface area (Å²) in [6, 6.07) is 43.4. The first-order valence-corrected chi connectivity index (χ1v) is 17.9. The largest absolute Gasteiger partial charge is 0.392 e. The number of rotatable bonds is 11. The average Bonchev–Trinajstić information content (AvgIpc) is 3.20. The van der Waals surface area contributed by atoms with Crippen LogP contribution in [0.1, 0.15) is 70.5 Å². The average molecular weight is 692 g/mol. The van der Waals surface area contributed by atoms with Crippen molar-refractivity contribution in [3.63, 3.8) is 0 Å². The fourth-order valence-electron chi connectivity index (χ4n) is 7.00. The minimum atomic E-state index is -0.588. The number of pyridine rings is 1. The van der Waals surface area contributed by atoms with Gasteiger partial charge in [-0.25, -0.2) is 0 Å². The predicted molar refractivity (Wildman–Crippen MR) is 205 cm³/mol. The Morgan fingerprint density at radius 1 is 0.808 bits per heavy atom. The standard InChI is InChI=1S/C45H45N3O4/c1-30-42(28-48(3)31(2)36-21-20-34-10-4-5-11-38(34)24-36)51-45(52-43(30)35-18-16-32(29-49)17-19-35)40-14-7-13-39(25-40)37-12-6-9-33(23-37)26-47-44(50)41-15-8-22-46-27-41/h4-25,27,30-31,42-43,45,49H,26,28-29H2,1-3H3,(H,47,50)/t30-,31-,42+,43+,45+/m1/s1. The summed E-state index contributed by atoms with van der Waals surface area (Å²) < 4.78 is 13.7. The number of likely N-dealkylation sites (N-methyl/N-ethyl adjacent to an activating group) is 1. The number of ether oxygens (including phenoxy) is 2. The number of hydrogen-bond acceptors (Lipinski definition) is 6. The second-order valence-corrected chi connectivity index (χ2v) is 13.8. The fourth-order valence-corrected chi connectivity index (χ4v) is 7.00. The molecule has 7 rings (SSSR count). The number of amides is 1. The van der Waals surface area contributed by atoms with Crippen LogP contribution in [0.4, 0.5) is 0 Å². The molecule has 7 nitrogen and oxygen atoms in total. The number of hydrogen-bond donors (Lipinski definition) is 2. The maximum absolute atomic E-state index is 12.6. The number of benzene rings is 5. The molecule has 2 N–H and O–H groups in total. The van der Waals surface area contributed by atoms with Crippen molar-refractivity contribution in [2.75, 3.05) is 13.6 Å². The first-order chi connectivity index (χ1) is 25.4. The van der Waals surface area contributed by atoms with Crippen LogP contribution in [0.15, 0.2) is 140 Å². The van der Waals surface area contributed by atoms with Crippen molar-refractivity contribution in [2.45, 2.75) is 51.5 Å². The second kappa shape index (κ2) is 16.0. The highest BCUT2D eigenvalue weighted by molar-refractivity contribution is 5.93. The van der Waals surface area contributed by atoms with Gasteiger partial charge in [-0.3, -0.25) is 14.7 Å². The van der Waals surface area contributed by atoms with Gasteiger partial charge in [0, 0.05) is 43.0 Å². The van der Waals surface area contributed by atoms with Crippen molar-refractivity contribution in [3.8, 4) is 11.1 Å². The Kier molecular flexibility index (Phi) is 10.8. The normalized spacial score (nSPS) is 19.4. The quantitative estimate of drug-likeness (QED) is 0.141. The fraction of sp³-hybridized carbons (Fsp3) is 0.244. The number of carbonyl (C=O) groups excluding carboxylic acids is 1. The van der Waals surface area contributed by atoms with Crippen LogP contribution in [0.2, 0.25) is 0 Å². The highest BCUT2D eigenvalue weighted by Crippen LogP contribution is 2.43. The van der Waals surface area contributed by atoms with E-state index in [9.17, 15) is 9.90 Å². The molecule has 5 atom stereocenters. The highest BCUT2D eigenvalue weighted by Gasteiger charge is 2.39. The third kappa shape index (κ3) is 7.98. The van der Waals surface area contributed by atoms with Gasteiger partial charge in [-0.1, -0.05) is 104 Å².